The molecule has 0 heterocycles. The van der Waals surface area contributed by atoms with Crippen molar-refractivity contribution in [3.8, 4) is 0 Å². The van der Waals surface area contributed by atoms with Crippen LogP contribution in [0.25, 0.3) is 0 Å². The number of carboxylic acid groups (broad SMARTS) is 1. The van der Waals surface area contributed by atoms with E-state index in [-0.39, 0.29) is 48.9 Å². The minimum absolute atomic E-state index is 0. The fraction of sp³-hybridized carbons (Fsp3) is 0.964. The van der Waals surface area contributed by atoms with E-state index in [1.807, 2.05) is 0 Å². The van der Waals surface area contributed by atoms with Crippen LogP contribution in [0.1, 0.15) is 174 Å². The summed E-state index contributed by atoms with van der Waals surface area (Å²) in [5, 5.41) is 8.60. The number of carboxylic acids is 1. The minimum Gasteiger partial charge on any atom is -0.481 e. The Morgan fingerprint density at radius 3 is 0.806 bits per heavy atom. The Balaban J connectivity index is 0. The maximum absolute atomic E-state index is 10.4. The molecule has 0 saturated carbocycles. The number of carbonyl (C=O) groups is 1. The van der Waals surface area contributed by atoms with E-state index in [0.29, 0.717) is 6.42 Å². The van der Waals surface area contributed by atoms with Crippen LogP contribution in [0.5, 0.6) is 0 Å². The Morgan fingerprint density at radius 1 is 0.419 bits per heavy atom. The van der Waals surface area contributed by atoms with E-state index >= 15 is 0 Å². The van der Waals surface area contributed by atoms with Crippen molar-refractivity contribution >= 4 is 54.9 Å². The molecule has 0 bridgehead atoms. The van der Waals surface area contributed by atoms with Crippen LogP contribution in [0.4, 0.5) is 0 Å². The Kier molecular flexibility index (Phi) is 34.3. The van der Waals surface area contributed by atoms with Crippen LogP contribution in [0.15, 0.2) is 0 Å². The Bertz CT molecular complexity index is 333. The molecule has 0 aliphatic heterocycles. The topological polar surface area (TPSA) is 37.3 Å². The van der Waals surface area contributed by atoms with E-state index in [1.54, 1.807) is 0 Å². The van der Waals surface area contributed by atoms with Gasteiger partial charge in [-0.25, -0.2) is 0 Å². The molecule has 0 aromatic carbocycles. The van der Waals surface area contributed by atoms with Gasteiger partial charge in [-0.05, 0) is 6.42 Å². The number of rotatable bonds is 26. The van der Waals surface area contributed by atoms with Crippen LogP contribution in [-0.2, 0) is 4.79 Å². The summed E-state index contributed by atoms with van der Waals surface area (Å²) in [6.45, 7) is 2.29. The molecule has 0 amide bonds. The zero-order valence-corrected chi connectivity index (χ0v) is 25.9. The Labute approximate surface area is 236 Å². The zero-order chi connectivity index (χ0) is 22.0. The normalized spacial score (nSPS) is 10.9. The van der Waals surface area contributed by atoms with E-state index in [2.05, 4.69) is 6.92 Å². The molecular weight excluding hydrogens is 506 g/mol. The van der Waals surface area contributed by atoms with Crippen molar-refractivity contribution < 1.29 is 9.90 Å². The summed E-state index contributed by atoms with van der Waals surface area (Å²) in [5.41, 5.74) is 0. The van der Waals surface area contributed by atoms with Gasteiger partial charge in [0.05, 0.1) is 0 Å². The second kappa shape index (κ2) is 31.0. The van der Waals surface area contributed by atoms with Crippen molar-refractivity contribution in [1.29, 1.82) is 0 Å². The van der Waals surface area contributed by atoms with Crippen LogP contribution in [-0.4, -0.2) is 60.0 Å². The summed E-state index contributed by atoms with van der Waals surface area (Å²) in [4.78, 5) is 10.4. The van der Waals surface area contributed by atoms with Gasteiger partial charge in [-0.2, -0.15) is 0 Å². The first-order valence-corrected chi connectivity index (χ1v) is 14.0. The van der Waals surface area contributed by atoms with Crippen LogP contribution in [0.2, 0.25) is 0 Å². The minimum atomic E-state index is -0.649. The number of hydrogen-bond donors (Lipinski definition) is 1. The van der Waals surface area contributed by atoms with Crippen LogP contribution >= 0.6 is 0 Å². The summed E-state index contributed by atoms with van der Waals surface area (Å²) in [6, 6.07) is 0. The Morgan fingerprint density at radius 2 is 0.613 bits per heavy atom. The number of hydrogen-bond acceptors (Lipinski definition) is 1. The molecule has 0 unspecified atom stereocenters. The fourth-order valence-corrected chi connectivity index (χ4v) is 4.42. The van der Waals surface area contributed by atoms with Gasteiger partial charge in [0.25, 0.3) is 0 Å². The van der Waals surface area contributed by atoms with Gasteiger partial charge < -0.3 is 5.11 Å². The summed E-state index contributed by atoms with van der Waals surface area (Å²) >= 11 is 0. The van der Waals surface area contributed by atoms with Crippen molar-refractivity contribution in [3.63, 3.8) is 0 Å². The number of unbranched alkanes of at least 4 members (excludes halogenated alkanes) is 24. The molecule has 182 valence electrons. The molecular formula is C28H56BaO2. The second-order valence-electron chi connectivity index (χ2n) is 9.63. The van der Waals surface area contributed by atoms with E-state index in [4.69, 9.17) is 5.11 Å². The van der Waals surface area contributed by atoms with Crippen LogP contribution < -0.4 is 0 Å². The molecule has 0 spiro atoms. The first-order chi connectivity index (χ1) is 14.8. The van der Waals surface area contributed by atoms with Gasteiger partial charge in [0.2, 0.25) is 0 Å². The van der Waals surface area contributed by atoms with Crippen molar-refractivity contribution in [2.45, 2.75) is 174 Å². The third-order valence-electron chi connectivity index (χ3n) is 6.49. The monoisotopic (exact) mass is 562 g/mol. The van der Waals surface area contributed by atoms with Crippen molar-refractivity contribution in [1.82, 2.24) is 0 Å². The summed E-state index contributed by atoms with van der Waals surface area (Å²) in [5.74, 6) is -0.649. The molecule has 2 nitrogen and oxygen atoms in total. The van der Waals surface area contributed by atoms with Gasteiger partial charge in [-0.15, -0.1) is 0 Å². The summed E-state index contributed by atoms with van der Waals surface area (Å²) in [6.07, 6.45) is 35.0. The molecule has 0 atom stereocenters. The quantitative estimate of drug-likeness (QED) is 0.0842. The molecule has 2 radical (unpaired) electrons. The SMILES string of the molecule is CCCCCCCCCCCCCCCCCCCCCCCCCCCC(=O)O.[Ba]. The number of aliphatic carboxylic acids is 1. The zero-order valence-electron chi connectivity index (χ0n) is 21.4. The van der Waals surface area contributed by atoms with Crippen LogP contribution in [0, 0.1) is 0 Å². The Hall–Kier alpha value is 1.04. The van der Waals surface area contributed by atoms with E-state index in [0.717, 1.165) is 12.8 Å². The largest absolute Gasteiger partial charge is 0.481 e. The maximum atomic E-state index is 10.4. The standard InChI is InChI=1S/C28H56O2.Ba/c1-2-3-4-5-6-7-8-9-10-11-12-13-14-15-16-17-18-19-20-21-22-23-24-25-26-27-28(29)30;/h2-27H2,1H3,(H,29,30);. The third kappa shape index (κ3) is 33.3. The smallest absolute Gasteiger partial charge is 0.303 e. The molecule has 1 N–H and O–H groups in total. The third-order valence-corrected chi connectivity index (χ3v) is 6.49. The predicted octanol–water partition coefficient (Wildman–Crippen LogP) is 9.85. The molecule has 0 rings (SSSR count). The van der Waals surface area contributed by atoms with E-state index in [9.17, 15) is 4.79 Å². The van der Waals surface area contributed by atoms with Gasteiger partial charge in [0, 0.05) is 55.3 Å². The van der Waals surface area contributed by atoms with Gasteiger partial charge in [0.15, 0.2) is 0 Å². The first-order valence-electron chi connectivity index (χ1n) is 14.0. The van der Waals surface area contributed by atoms with Gasteiger partial charge in [-0.3, -0.25) is 4.79 Å². The molecule has 0 aromatic rings. The molecule has 0 saturated heterocycles. The second-order valence-corrected chi connectivity index (χ2v) is 9.63. The summed E-state index contributed by atoms with van der Waals surface area (Å²) in [7, 11) is 0. The van der Waals surface area contributed by atoms with Gasteiger partial charge >= 0.3 is 5.97 Å². The molecule has 0 aromatic heterocycles. The molecule has 31 heavy (non-hydrogen) atoms. The first kappa shape index (κ1) is 34.2. The van der Waals surface area contributed by atoms with Gasteiger partial charge in [0.1, 0.15) is 0 Å². The van der Waals surface area contributed by atoms with Crippen molar-refractivity contribution in [3.05, 3.63) is 0 Å². The molecule has 3 heteroatoms. The summed E-state index contributed by atoms with van der Waals surface area (Å²) < 4.78 is 0. The van der Waals surface area contributed by atoms with E-state index in [1.165, 1.54) is 148 Å². The van der Waals surface area contributed by atoms with Crippen LogP contribution in [0.3, 0.4) is 0 Å². The molecule has 0 fully saturated rings. The fourth-order valence-electron chi connectivity index (χ4n) is 4.42. The maximum Gasteiger partial charge on any atom is 0.303 e. The van der Waals surface area contributed by atoms with Crippen molar-refractivity contribution in [2.75, 3.05) is 0 Å². The average Bonchev–Trinajstić information content (AvgIpc) is 2.73. The molecule has 0 aliphatic rings. The predicted molar refractivity (Wildman–Crippen MR) is 139 cm³/mol. The van der Waals surface area contributed by atoms with Gasteiger partial charge in [-0.1, -0.05) is 161 Å². The van der Waals surface area contributed by atoms with E-state index < -0.39 is 5.97 Å². The molecule has 0 aliphatic carbocycles. The van der Waals surface area contributed by atoms with Crippen molar-refractivity contribution in [2.24, 2.45) is 0 Å². The average molecular weight is 562 g/mol.